The molecule has 7 heteroatoms. The first kappa shape index (κ1) is 17.6. The van der Waals surface area contributed by atoms with E-state index in [9.17, 15) is 4.79 Å². The van der Waals surface area contributed by atoms with E-state index in [2.05, 4.69) is 43.5 Å². The molecule has 3 aromatic rings. The molecule has 0 fully saturated rings. The number of hydrogen-bond acceptors (Lipinski definition) is 5. The zero-order chi connectivity index (χ0) is 18.8. The average molecular weight is 364 g/mol. The first-order chi connectivity index (χ1) is 13.2. The number of rotatable bonds is 5. The fraction of sp³-hybridized carbons (Fsp3) is 0.400. The molecular formula is C20H24N6O. The Balaban J connectivity index is 1.54. The summed E-state index contributed by atoms with van der Waals surface area (Å²) in [5.74, 6) is 0.546. The van der Waals surface area contributed by atoms with E-state index in [0.717, 1.165) is 43.7 Å². The van der Waals surface area contributed by atoms with Gasteiger partial charge in [0.25, 0.3) is 5.56 Å². The molecule has 7 nitrogen and oxygen atoms in total. The molecule has 0 saturated heterocycles. The van der Waals surface area contributed by atoms with E-state index in [4.69, 9.17) is 0 Å². The molecule has 0 aromatic carbocycles. The summed E-state index contributed by atoms with van der Waals surface area (Å²) in [5, 5.41) is 4.48. The Hall–Kier alpha value is -2.80. The van der Waals surface area contributed by atoms with Crippen LogP contribution in [0.2, 0.25) is 0 Å². The summed E-state index contributed by atoms with van der Waals surface area (Å²) in [6.45, 7) is 7.50. The summed E-state index contributed by atoms with van der Waals surface area (Å²) in [7, 11) is 0. The van der Waals surface area contributed by atoms with Crippen molar-refractivity contribution in [1.82, 2.24) is 29.6 Å². The maximum atomic E-state index is 12.6. The lowest BCUT2D eigenvalue weighted by Crippen LogP contribution is -2.35. The summed E-state index contributed by atoms with van der Waals surface area (Å²) < 4.78 is 2.06. The standard InChI is InChI=1S/C20H24N6O/c1-3-9-26-14(2)15(11-22-26)12-25-10-7-17-16(13-25)20(27)24-19(23-17)18-6-4-5-8-21-18/h4-6,8,11H,3,7,9-10,12-13H2,1-2H3,(H,23,24,27). The van der Waals surface area contributed by atoms with Crippen LogP contribution in [0.3, 0.4) is 0 Å². The largest absolute Gasteiger partial charge is 0.305 e. The van der Waals surface area contributed by atoms with Crippen LogP contribution in [0.25, 0.3) is 11.5 Å². The van der Waals surface area contributed by atoms with Crippen molar-refractivity contribution >= 4 is 0 Å². The Morgan fingerprint density at radius 3 is 2.96 bits per heavy atom. The van der Waals surface area contributed by atoms with Gasteiger partial charge < -0.3 is 4.98 Å². The van der Waals surface area contributed by atoms with Gasteiger partial charge in [0.1, 0.15) is 5.69 Å². The van der Waals surface area contributed by atoms with Crippen LogP contribution in [0, 0.1) is 6.92 Å². The Labute approximate surface area is 158 Å². The van der Waals surface area contributed by atoms with Crippen LogP contribution in [0.15, 0.2) is 35.4 Å². The minimum atomic E-state index is -0.0660. The molecule has 0 saturated carbocycles. The van der Waals surface area contributed by atoms with Crippen LogP contribution in [0.4, 0.5) is 0 Å². The number of hydrogen-bond donors (Lipinski definition) is 1. The summed E-state index contributed by atoms with van der Waals surface area (Å²) in [5.41, 5.74) is 4.71. The van der Waals surface area contributed by atoms with Crippen molar-refractivity contribution in [2.75, 3.05) is 6.54 Å². The van der Waals surface area contributed by atoms with Gasteiger partial charge in [0.15, 0.2) is 5.82 Å². The van der Waals surface area contributed by atoms with Crippen LogP contribution in [0.1, 0.15) is 35.9 Å². The highest BCUT2D eigenvalue weighted by Gasteiger charge is 2.22. The number of pyridine rings is 1. The van der Waals surface area contributed by atoms with E-state index in [1.807, 2.05) is 24.4 Å². The molecule has 0 atom stereocenters. The molecule has 1 aliphatic rings. The summed E-state index contributed by atoms with van der Waals surface area (Å²) in [4.78, 5) is 26.8. The predicted molar refractivity (Wildman–Crippen MR) is 103 cm³/mol. The number of fused-ring (bicyclic) bond motifs is 1. The Bertz CT molecular complexity index is 991. The second-order valence-corrected chi connectivity index (χ2v) is 6.99. The fourth-order valence-corrected chi connectivity index (χ4v) is 3.56. The van der Waals surface area contributed by atoms with E-state index in [1.165, 1.54) is 11.3 Å². The number of aryl methyl sites for hydroxylation is 1. The van der Waals surface area contributed by atoms with Gasteiger partial charge in [0, 0.05) is 50.1 Å². The van der Waals surface area contributed by atoms with Gasteiger partial charge in [-0.05, 0) is 25.5 Å². The van der Waals surface area contributed by atoms with Crippen molar-refractivity contribution in [3.8, 4) is 11.5 Å². The van der Waals surface area contributed by atoms with Crippen molar-refractivity contribution in [2.45, 2.75) is 46.3 Å². The average Bonchev–Trinajstić information content (AvgIpc) is 3.03. The molecule has 0 unspecified atom stereocenters. The maximum absolute atomic E-state index is 12.6. The van der Waals surface area contributed by atoms with E-state index in [0.29, 0.717) is 18.1 Å². The Morgan fingerprint density at radius 1 is 1.30 bits per heavy atom. The van der Waals surface area contributed by atoms with Crippen molar-refractivity contribution in [2.24, 2.45) is 0 Å². The second kappa shape index (κ2) is 7.44. The zero-order valence-corrected chi connectivity index (χ0v) is 15.8. The smallest absolute Gasteiger partial charge is 0.255 e. The number of nitrogens with one attached hydrogen (secondary N) is 1. The molecule has 0 radical (unpaired) electrons. The molecule has 1 N–H and O–H groups in total. The highest BCUT2D eigenvalue weighted by molar-refractivity contribution is 5.49. The van der Waals surface area contributed by atoms with Gasteiger partial charge in [-0.3, -0.25) is 19.4 Å². The topological polar surface area (TPSA) is 79.7 Å². The van der Waals surface area contributed by atoms with Crippen LogP contribution >= 0.6 is 0 Å². The molecule has 27 heavy (non-hydrogen) atoms. The molecule has 0 amide bonds. The maximum Gasteiger partial charge on any atom is 0.255 e. The van der Waals surface area contributed by atoms with Crippen molar-refractivity contribution < 1.29 is 0 Å². The highest BCUT2D eigenvalue weighted by atomic mass is 16.1. The molecule has 0 aliphatic carbocycles. The van der Waals surface area contributed by atoms with Gasteiger partial charge in [-0.15, -0.1) is 0 Å². The zero-order valence-electron chi connectivity index (χ0n) is 15.8. The van der Waals surface area contributed by atoms with Gasteiger partial charge in [0.05, 0.1) is 17.5 Å². The van der Waals surface area contributed by atoms with E-state index >= 15 is 0 Å². The van der Waals surface area contributed by atoms with Gasteiger partial charge in [-0.1, -0.05) is 13.0 Å². The third-order valence-electron chi connectivity index (χ3n) is 5.09. The van der Waals surface area contributed by atoms with Crippen LogP contribution < -0.4 is 5.56 Å². The second-order valence-electron chi connectivity index (χ2n) is 6.99. The molecule has 4 rings (SSSR count). The number of aromatic nitrogens is 5. The third kappa shape index (κ3) is 3.55. The molecular weight excluding hydrogens is 340 g/mol. The lowest BCUT2D eigenvalue weighted by molar-refractivity contribution is 0.241. The highest BCUT2D eigenvalue weighted by Crippen LogP contribution is 2.20. The van der Waals surface area contributed by atoms with Gasteiger partial charge in [0.2, 0.25) is 0 Å². The molecule has 0 spiro atoms. The van der Waals surface area contributed by atoms with E-state index in [-0.39, 0.29) is 5.56 Å². The first-order valence-electron chi connectivity index (χ1n) is 9.42. The van der Waals surface area contributed by atoms with Crippen molar-refractivity contribution in [3.05, 3.63) is 63.5 Å². The quantitative estimate of drug-likeness (QED) is 0.751. The molecule has 3 aromatic heterocycles. The number of aromatic amines is 1. The first-order valence-corrected chi connectivity index (χ1v) is 9.42. The van der Waals surface area contributed by atoms with Gasteiger partial charge in [-0.2, -0.15) is 5.10 Å². The Kier molecular flexibility index (Phi) is 4.85. The molecule has 1 aliphatic heterocycles. The Morgan fingerprint density at radius 2 is 2.19 bits per heavy atom. The van der Waals surface area contributed by atoms with Crippen LogP contribution in [-0.4, -0.2) is 36.2 Å². The molecule has 0 bridgehead atoms. The van der Waals surface area contributed by atoms with Gasteiger partial charge in [-0.25, -0.2) is 4.98 Å². The number of nitrogens with zero attached hydrogens (tertiary/aromatic N) is 5. The number of H-pyrrole nitrogens is 1. The van der Waals surface area contributed by atoms with Crippen molar-refractivity contribution in [3.63, 3.8) is 0 Å². The normalized spacial score (nSPS) is 14.3. The van der Waals surface area contributed by atoms with Crippen molar-refractivity contribution in [1.29, 1.82) is 0 Å². The predicted octanol–water partition coefficient (Wildman–Crippen LogP) is 2.31. The van der Waals surface area contributed by atoms with E-state index in [1.54, 1.807) is 6.20 Å². The summed E-state index contributed by atoms with van der Waals surface area (Å²) in [6, 6.07) is 5.60. The summed E-state index contributed by atoms with van der Waals surface area (Å²) >= 11 is 0. The minimum Gasteiger partial charge on any atom is -0.305 e. The lowest BCUT2D eigenvalue weighted by atomic mass is 10.1. The fourth-order valence-electron chi connectivity index (χ4n) is 3.56. The summed E-state index contributed by atoms with van der Waals surface area (Å²) in [6.07, 6.45) is 5.49. The molecule has 140 valence electrons. The van der Waals surface area contributed by atoms with Crippen LogP contribution in [-0.2, 0) is 26.1 Å². The minimum absolute atomic E-state index is 0.0660. The monoisotopic (exact) mass is 364 g/mol. The van der Waals surface area contributed by atoms with Crippen LogP contribution in [0.5, 0.6) is 0 Å². The van der Waals surface area contributed by atoms with E-state index < -0.39 is 0 Å². The third-order valence-corrected chi connectivity index (χ3v) is 5.09. The SMILES string of the molecule is CCCn1ncc(CN2CCc3nc(-c4ccccn4)[nH]c(=O)c3C2)c1C. The molecule has 4 heterocycles. The lowest BCUT2D eigenvalue weighted by Gasteiger charge is -2.27. The van der Waals surface area contributed by atoms with Gasteiger partial charge >= 0.3 is 0 Å².